The molecule has 2 atom stereocenters. The molecule has 12 heteroatoms. The van der Waals surface area contributed by atoms with Gasteiger partial charge in [0.05, 0.1) is 37.0 Å². The smallest absolute Gasteiger partial charge is 2.00 e. The summed E-state index contributed by atoms with van der Waals surface area (Å²) in [5.74, 6) is -7.57. The number of Topliss-reactive ketones (excluding diaryl/α,β-unsaturated/α-hetero) is 2. The molecule has 0 saturated carbocycles. The van der Waals surface area contributed by atoms with Crippen molar-refractivity contribution < 1.29 is 75.6 Å². The van der Waals surface area contributed by atoms with E-state index < -0.39 is 47.3 Å². The minimum absolute atomic E-state index is 0. The number of hydrogen-bond donors (Lipinski definition) is 0. The molecule has 0 rings (SSSR count). The molecule has 0 aromatic carbocycles. The third-order valence-electron chi connectivity index (χ3n) is 3.53. The van der Waals surface area contributed by atoms with Crippen LogP contribution in [-0.4, -0.2) is 48.7 Å². The molecule has 0 radical (unpaired) electrons. The summed E-state index contributed by atoms with van der Waals surface area (Å²) in [5.41, 5.74) is 0.450. The molecule has 11 nitrogen and oxygen atoms in total. The van der Waals surface area contributed by atoms with Gasteiger partial charge in [-0.05, 0) is 40.5 Å². The third kappa shape index (κ3) is 17.1. The minimum Gasteiger partial charge on any atom is -2.00 e. The molecule has 0 aromatic rings. The van der Waals surface area contributed by atoms with Crippen LogP contribution in [0.1, 0.15) is 40.5 Å². The van der Waals surface area contributed by atoms with Crippen LogP contribution in [0.4, 0.5) is 0 Å². The molecule has 0 aliphatic rings. The zero-order valence-electron chi connectivity index (χ0n) is 18.4. The van der Waals surface area contributed by atoms with Gasteiger partial charge < -0.3 is 34.8 Å². The van der Waals surface area contributed by atoms with Crippen molar-refractivity contribution in [2.24, 2.45) is 11.8 Å². The largest absolute Gasteiger partial charge is 4.00 e. The van der Waals surface area contributed by atoms with Crippen molar-refractivity contribution in [3.05, 3.63) is 24.3 Å². The average molecular weight is 490 g/mol. The zero-order valence-corrected chi connectivity index (χ0v) is 19.9. The maximum atomic E-state index is 10.9. The van der Waals surface area contributed by atoms with E-state index in [2.05, 4.69) is 22.6 Å². The van der Waals surface area contributed by atoms with E-state index >= 15 is 0 Å². The molecular weight excluding hydrogens is 464 g/mol. The van der Waals surface area contributed by atoms with Crippen LogP contribution in [0.25, 0.3) is 0 Å². The quantitative estimate of drug-likeness (QED) is 0.138. The molecule has 32 heavy (non-hydrogen) atoms. The summed E-state index contributed by atoms with van der Waals surface area (Å²) in [5, 5.41) is 20.9. The summed E-state index contributed by atoms with van der Waals surface area (Å²) in [6, 6.07) is 0. The maximum Gasteiger partial charge on any atom is 4.00 e. The SMILES string of the molecule is C=C(C)C(=O)OCCC(C(C)=O)C(=O)[O-].C=C(C)C(=O)OCCC(C(C)=O)C(=O)[O-].[O-2].[Ti+4]. The van der Waals surface area contributed by atoms with Gasteiger partial charge >= 0.3 is 33.7 Å². The Bertz CT molecular complexity index is 624. The van der Waals surface area contributed by atoms with Gasteiger partial charge in [-0.3, -0.25) is 9.59 Å². The van der Waals surface area contributed by atoms with Crippen molar-refractivity contribution in [2.45, 2.75) is 40.5 Å². The van der Waals surface area contributed by atoms with E-state index in [1.165, 1.54) is 13.8 Å². The molecule has 0 bridgehead atoms. The van der Waals surface area contributed by atoms with Crippen LogP contribution in [0.3, 0.4) is 0 Å². The van der Waals surface area contributed by atoms with E-state index in [1.54, 1.807) is 0 Å². The Morgan fingerprint density at radius 2 is 0.938 bits per heavy atom. The fourth-order valence-corrected chi connectivity index (χ4v) is 1.76. The number of carbonyl (C=O) groups is 6. The number of carboxylic acid groups (broad SMARTS) is 2. The number of aliphatic carboxylic acids is 2. The molecule has 0 aliphatic heterocycles. The van der Waals surface area contributed by atoms with Crippen molar-refractivity contribution in [2.75, 3.05) is 13.2 Å². The Hall–Kier alpha value is -2.63. The molecule has 0 heterocycles. The number of hydrogen-bond acceptors (Lipinski definition) is 10. The summed E-state index contributed by atoms with van der Waals surface area (Å²) < 4.78 is 9.30. The molecule has 0 spiro atoms. The van der Waals surface area contributed by atoms with Gasteiger partial charge in [0.25, 0.3) is 0 Å². The Labute approximate surface area is 201 Å². The van der Waals surface area contributed by atoms with Crippen LogP contribution >= 0.6 is 0 Å². The fourth-order valence-electron chi connectivity index (χ4n) is 1.76. The van der Waals surface area contributed by atoms with Crippen LogP contribution in [0.5, 0.6) is 0 Å². The van der Waals surface area contributed by atoms with Gasteiger partial charge in [-0.15, -0.1) is 0 Å². The van der Waals surface area contributed by atoms with Crippen LogP contribution in [0.15, 0.2) is 24.3 Å². The van der Waals surface area contributed by atoms with Crippen LogP contribution in [-0.2, 0) is 65.4 Å². The van der Waals surface area contributed by atoms with Crippen LogP contribution in [0, 0.1) is 11.8 Å². The van der Waals surface area contributed by atoms with Crippen LogP contribution < -0.4 is 10.2 Å². The first kappa shape index (κ1) is 36.7. The summed E-state index contributed by atoms with van der Waals surface area (Å²) in [6.07, 6.45) is -0.145. The van der Waals surface area contributed by atoms with Gasteiger partial charge in [-0.1, -0.05) is 13.2 Å². The van der Waals surface area contributed by atoms with Crippen molar-refractivity contribution in [3.8, 4) is 0 Å². The first-order valence-electron chi connectivity index (χ1n) is 8.80. The van der Waals surface area contributed by atoms with Gasteiger partial charge in [-0.2, -0.15) is 0 Å². The topological polar surface area (TPSA) is 196 Å². The number of rotatable bonds is 12. The molecule has 0 N–H and O–H groups in total. The van der Waals surface area contributed by atoms with E-state index in [9.17, 15) is 39.0 Å². The molecule has 0 aliphatic carbocycles. The number of esters is 2. The minimum atomic E-state index is -1.45. The van der Waals surface area contributed by atoms with E-state index in [0.29, 0.717) is 0 Å². The summed E-state index contributed by atoms with van der Waals surface area (Å²) in [7, 11) is 0. The van der Waals surface area contributed by atoms with Crippen molar-refractivity contribution in [3.63, 3.8) is 0 Å². The molecule has 0 fully saturated rings. The van der Waals surface area contributed by atoms with Crippen molar-refractivity contribution in [1.82, 2.24) is 0 Å². The molecular formula is C20H26O11Ti. The van der Waals surface area contributed by atoms with Gasteiger partial charge in [0, 0.05) is 11.1 Å². The predicted octanol–water partition coefficient (Wildman–Crippen LogP) is -1.22. The second kappa shape index (κ2) is 19.1. The number of carbonyl (C=O) groups excluding carboxylic acids is 6. The number of carboxylic acids is 2. The van der Waals surface area contributed by atoms with E-state index in [-0.39, 0.29) is 64.4 Å². The first-order valence-corrected chi connectivity index (χ1v) is 8.80. The number of ether oxygens (including phenoxy) is 2. The monoisotopic (exact) mass is 490 g/mol. The van der Waals surface area contributed by atoms with E-state index in [0.717, 1.165) is 13.8 Å². The standard InChI is InChI=1S/2C10H14O5.O.Ti/c2*1-6(2)10(14)15-5-4-8(7(3)11)9(12)13;;/h2*8H,1,4-5H2,2-3H3,(H,12,13);;/q;;-2;+4/p-2. The van der Waals surface area contributed by atoms with Gasteiger partial charge in [0.2, 0.25) is 0 Å². The molecule has 176 valence electrons. The molecule has 0 saturated heterocycles. The Kier molecular flexibility index (Phi) is 21.9. The van der Waals surface area contributed by atoms with E-state index in [4.69, 9.17) is 0 Å². The zero-order chi connectivity index (χ0) is 24.0. The molecule has 0 amide bonds. The van der Waals surface area contributed by atoms with E-state index in [1.807, 2.05) is 0 Å². The second-order valence-corrected chi connectivity index (χ2v) is 6.37. The van der Waals surface area contributed by atoms with Crippen molar-refractivity contribution in [1.29, 1.82) is 0 Å². The van der Waals surface area contributed by atoms with Gasteiger partial charge in [-0.25, -0.2) is 9.59 Å². The number of ketones is 2. The third-order valence-corrected chi connectivity index (χ3v) is 3.53. The van der Waals surface area contributed by atoms with Crippen LogP contribution in [0.2, 0.25) is 0 Å². The predicted molar refractivity (Wildman–Crippen MR) is 99.8 cm³/mol. The fraction of sp³-hybridized carbons (Fsp3) is 0.500. The van der Waals surface area contributed by atoms with Gasteiger partial charge in [0.1, 0.15) is 11.6 Å². The maximum absolute atomic E-state index is 10.9. The first-order chi connectivity index (χ1) is 13.7. The van der Waals surface area contributed by atoms with Crippen molar-refractivity contribution >= 4 is 35.4 Å². The Balaban J connectivity index is -0.000000231. The van der Waals surface area contributed by atoms with Gasteiger partial charge in [0.15, 0.2) is 0 Å². The second-order valence-electron chi connectivity index (χ2n) is 6.37. The average Bonchev–Trinajstić information content (AvgIpc) is 2.60. The molecule has 2 unspecified atom stereocenters. The summed E-state index contributed by atoms with van der Waals surface area (Å²) >= 11 is 0. The summed E-state index contributed by atoms with van der Waals surface area (Å²) in [4.78, 5) is 64.3. The Morgan fingerprint density at radius 1 is 0.688 bits per heavy atom. The molecule has 0 aromatic heterocycles. The Morgan fingerprint density at radius 3 is 1.09 bits per heavy atom. The summed E-state index contributed by atoms with van der Waals surface area (Å²) in [6.45, 7) is 11.7. The normalized spacial score (nSPS) is 10.9.